The van der Waals surface area contributed by atoms with E-state index in [1.54, 1.807) is 0 Å². The highest BCUT2D eigenvalue weighted by Crippen LogP contribution is 2.39. The van der Waals surface area contributed by atoms with Crippen molar-refractivity contribution in [2.24, 2.45) is 23.7 Å². The van der Waals surface area contributed by atoms with E-state index in [4.69, 9.17) is 0 Å². The van der Waals surface area contributed by atoms with E-state index in [9.17, 15) is 14.4 Å². The summed E-state index contributed by atoms with van der Waals surface area (Å²) >= 11 is 0. The van der Waals surface area contributed by atoms with Crippen LogP contribution in [0.5, 0.6) is 0 Å². The van der Waals surface area contributed by atoms with Gasteiger partial charge in [-0.1, -0.05) is 105 Å². The van der Waals surface area contributed by atoms with Gasteiger partial charge in [-0.15, -0.1) is 0 Å². The fourth-order valence-electron chi connectivity index (χ4n) is 7.31. The summed E-state index contributed by atoms with van der Waals surface area (Å²) in [6.45, 7) is 18.3. The van der Waals surface area contributed by atoms with Gasteiger partial charge in [-0.25, -0.2) is 0 Å². The van der Waals surface area contributed by atoms with Gasteiger partial charge in [-0.3, -0.25) is 14.4 Å². The van der Waals surface area contributed by atoms with Crippen LogP contribution in [0.25, 0.3) is 0 Å². The van der Waals surface area contributed by atoms with E-state index >= 15 is 0 Å². The lowest BCUT2D eigenvalue weighted by atomic mass is 9.70. The molecule has 3 unspecified atom stereocenters. The zero-order valence-corrected chi connectivity index (χ0v) is 28.4. The molecule has 234 valence electrons. The van der Waals surface area contributed by atoms with Gasteiger partial charge in [-0.2, -0.15) is 0 Å². The minimum atomic E-state index is -0.0694. The lowest BCUT2D eigenvalue weighted by molar-refractivity contribution is -0.129. The Hall–Kier alpha value is -1.77. The summed E-state index contributed by atoms with van der Waals surface area (Å²) in [5.41, 5.74) is 6.12. The molecule has 0 amide bonds. The van der Waals surface area contributed by atoms with E-state index in [1.807, 2.05) is 13.8 Å². The van der Waals surface area contributed by atoms with E-state index in [1.165, 1.54) is 75.0 Å². The SMILES string of the molecule is CC.CCC.CCCC(CC1CC(=O)c2c(C)c(C)cc(CCCC3CCCCC3)c2C1)C(CC)C(=O)CC(C)=O. The van der Waals surface area contributed by atoms with E-state index < -0.39 is 0 Å². The standard InChI is InChI=1S/C33H50O3.C3H8.C2H6/c1-6-12-27(29(7-2)31(35)18-23(4)34)19-26-20-30-28(16-11-15-25-13-9-8-10-14-25)17-22(3)24(5)33(30)32(36)21-26;1-3-2;1-2/h17,25-27,29H,6-16,18-21H2,1-5H3;3H2,1-2H3;1-2H3. The monoisotopic (exact) mass is 568 g/mol. The van der Waals surface area contributed by atoms with Crippen molar-refractivity contribution >= 4 is 17.3 Å². The van der Waals surface area contributed by atoms with Crippen molar-refractivity contribution < 1.29 is 14.4 Å². The molecule has 3 atom stereocenters. The first kappa shape index (κ1) is 37.3. The Morgan fingerprint density at radius 3 is 2.15 bits per heavy atom. The number of carbonyl (C=O) groups excluding carboxylic acids is 3. The highest BCUT2D eigenvalue weighted by molar-refractivity contribution is 6.01. The third-order valence-corrected chi connectivity index (χ3v) is 9.22. The second-order valence-electron chi connectivity index (χ2n) is 12.8. The molecule has 0 spiro atoms. The number of hydrogen-bond donors (Lipinski definition) is 0. The average molecular weight is 569 g/mol. The number of hydrogen-bond acceptors (Lipinski definition) is 3. The molecule has 0 bridgehead atoms. The summed E-state index contributed by atoms with van der Waals surface area (Å²) < 4.78 is 0. The van der Waals surface area contributed by atoms with Crippen molar-refractivity contribution in [1.29, 1.82) is 0 Å². The van der Waals surface area contributed by atoms with Crippen LogP contribution in [0, 0.1) is 37.5 Å². The Bertz CT molecular complexity index is 937. The number of fused-ring (bicyclic) bond motifs is 1. The van der Waals surface area contributed by atoms with Gasteiger partial charge in [0.05, 0.1) is 6.42 Å². The predicted octanol–water partition coefficient (Wildman–Crippen LogP) is 10.8. The molecule has 2 aliphatic carbocycles. The topological polar surface area (TPSA) is 51.2 Å². The first-order valence-corrected chi connectivity index (χ1v) is 17.3. The minimum absolute atomic E-state index is 0.0424. The summed E-state index contributed by atoms with van der Waals surface area (Å²) in [7, 11) is 0. The number of Topliss-reactive ketones (excluding diaryl/α,β-unsaturated/α-hetero) is 3. The average Bonchev–Trinajstić information content (AvgIpc) is 2.93. The number of aryl methyl sites for hydroxylation is 2. The molecule has 2 aliphatic rings. The second kappa shape index (κ2) is 20.2. The van der Waals surface area contributed by atoms with Crippen molar-refractivity contribution in [3.63, 3.8) is 0 Å². The van der Waals surface area contributed by atoms with E-state index in [2.05, 4.69) is 47.6 Å². The highest BCUT2D eigenvalue weighted by Gasteiger charge is 2.34. The van der Waals surface area contributed by atoms with Gasteiger partial charge in [0.15, 0.2) is 5.78 Å². The molecular formula is C38H64O3. The molecule has 0 saturated heterocycles. The summed E-state index contributed by atoms with van der Waals surface area (Å²) in [4.78, 5) is 38.0. The van der Waals surface area contributed by atoms with E-state index in [0.717, 1.165) is 55.6 Å². The van der Waals surface area contributed by atoms with Crippen LogP contribution in [0.3, 0.4) is 0 Å². The van der Waals surface area contributed by atoms with Crippen molar-refractivity contribution in [1.82, 2.24) is 0 Å². The summed E-state index contributed by atoms with van der Waals surface area (Å²) in [5.74, 6) is 1.73. The molecule has 1 aromatic rings. The highest BCUT2D eigenvalue weighted by atomic mass is 16.1. The molecule has 3 nitrogen and oxygen atoms in total. The largest absolute Gasteiger partial charge is 0.300 e. The molecule has 1 fully saturated rings. The maximum atomic E-state index is 13.5. The van der Waals surface area contributed by atoms with Crippen LogP contribution in [0.1, 0.15) is 171 Å². The second-order valence-corrected chi connectivity index (χ2v) is 12.8. The maximum Gasteiger partial charge on any atom is 0.163 e. The number of ketones is 3. The summed E-state index contributed by atoms with van der Waals surface area (Å²) in [5, 5.41) is 0. The lowest BCUT2D eigenvalue weighted by Crippen LogP contribution is -2.30. The van der Waals surface area contributed by atoms with Gasteiger partial charge in [0.25, 0.3) is 0 Å². The first-order valence-electron chi connectivity index (χ1n) is 17.3. The van der Waals surface area contributed by atoms with Crippen LogP contribution in [0.4, 0.5) is 0 Å². The van der Waals surface area contributed by atoms with Crippen LogP contribution >= 0.6 is 0 Å². The predicted molar refractivity (Wildman–Crippen MR) is 176 cm³/mol. The van der Waals surface area contributed by atoms with Crippen molar-refractivity contribution in [3.8, 4) is 0 Å². The number of benzene rings is 1. The van der Waals surface area contributed by atoms with Gasteiger partial charge >= 0.3 is 0 Å². The molecular weight excluding hydrogens is 504 g/mol. The Morgan fingerprint density at radius 2 is 1.59 bits per heavy atom. The zero-order valence-electron chi connectivity index (χ0n) is 28.4. The number of rotatable bonds is 13. The fraction of sp³-hybridized carbons (Fsp3) is 0.763. The van der Waals surface area contributed by atoms with Gasteiger partial charge < -0.3 is 0 Å². The molecule has 1 saturated carbocycles. The zero-order chi connectivity index (χ0) is 30.9. The van der Waals surface area contributed by atoms with Gasteiger partial charge in [-0.05, 0) is 92.9 Å². The molecule has 3 heteroatoms. The van der Waals surface area contributed by atoms with Crippen LogP contribution in [0.15, 0.2) is 6.07 Å². The van der Waals surface area contributed by atoms with Crippen molar-refractivity contribution in [3.05, 3.63) is 33.9 Å². The van der Waals surface area contributed by atoms with E-state index in [0.29, 0.717) is 18.1 Å². The molecule has 0 N–H and O–H groups in total. The molecule has 0 aromatic heterocycles. The molecule has 0 aliphatic heterocycles. The molecule has 1 aromatic carbocycles. The fourth-order valence-corrected chi connectivity index (χ4v) is 7.31. The normalized spacial score (nSPS) is 18.3. The number of carbonyl (C=O) groups is 3. The maximum absolute atomic E-state index is 13.5. The van der Waals surface area contributed by atoms with Crippen molar-refractivity contribution in [2.45, 2.75) is 165 Å². The lowest BCUT2D eigenvalue weighted by Gasteiger charge is -2.33. The Labute approximate surface area is 254 Å². The van der Waals surface area contributed by atoms with Gasteiger partial charge in [0, 0.05) is 17.9 Å². The third-order valence-electron chi connectivity index (χ3n) is 9.22. The third kappa shape index (κ3) is 11.8. The molecule has 3 rings (SSSR count). The van der Waals surface area contributed by atoms with Crippen LogP contribution < -0.4 is 0 Å². The Kier molecular flexibility index (Phi) is 18.3. The van der Waals surface area contributed by atoms with Crippen molar-refractivity contribution in [2.75, 3.05) is 0 Å². The van der Waals surface area contributed by atoms with Gasteiger partial charge in [0.2, 0.25) is 0 Å². The first-order chi connectivity index (χ1) is 19.7. The molecule has 41 heavy (non-hydrogen) atoms. The van der Waals surface area contributed by atoms with Crippen LogP contribution in [0.2, 0.25) is 0 Å². The quantitative estimate of drug-likeness (QED) is 0.222. The van der Waals surface area contributed by atoms with E-state index in [-0.39, 0.29) is 29.8 Å². The van der Waals surface area contributed by atoms with Gasteiger partial charge in [0.1, 0.15) is 11.6 Å². The Balaban J connectivity index is 0.00000157. The Morgan fingerprint density at radius 1 is 0.951 bits per heavy atom. The van der Waals surface area contributed by atoms with Crippen LogP contribution in [-0.4, -0.2) is 17.3 Å². The van der Waals surface area contributed by atoms with Crippen LogP contribution in [-0.2, 0) is 22.4 Å². The summed E-state index contributed by atoms with van der Waals surface area (Å²) in [6, 6.07) is 2.36. The smallest absolute Gasteiger partial charge is 0.163 e. The molecule has 0 radical (unpaired) electrons. The molecule has 0 heterocycles. The summed E-state index contributed by atoms with van der Waals surface area (Å²) in [6.07, 6.45) is 17.1. The minimum Gasteiger partial charge on any atom is -0.300 e.